The van der Waals surface area contributed by atoms with E-state index in [2.05, 4.69) is 11.1 Å². The molecule has 136 valence electrons. The molecule has 5 heteroatoms. The Labute approximate surface area is 158 Å². The topological polar surface area (TPSA) is 59.2 Å². The van der Waals surface area contributed by atoms with Crippen molar-refractivity contribution in [2.24, 2.45) is 0 Å². The highest BCUT2D eigenvalue weighted by molar-refractivity contribution is 7.90. The van der Waals surface area contributed by atoms with E-state index < -0.39 is 9.84 Å². The zero-order valence-corrected chi connectivity index (χ0v) is 15.9. The molecule has 0 fully saturated rings. The lowest BCUT2D eigenvalue weighted by Gasteiger charge is -2.08. The van der Waals surface area contributed by atoms with Crippen molar-refractivity contribution in [2.45, 2.75) is 4.90 Å². The first-order valence-electron chi connectivity index (χ1n) is 8.53. The number of aromatic nitrogens is 1. The van der Waals surface area contributed by atoms with Crippen molar-refractivity contribution in [2.75, 3.05) is 13.4 Å². The van der Waals surface area contributed by atoms with Gasteiger partial charge in [-0.2, -0.15) is 0 Å². The second-order valence-corrected chi connectivity index (χ2v) is 8.46. The molecule has 27 heavy (non-hydrogen) atoms. The Balaban J connectivity index is 1.93. The van der Waals surface area contributed by atoms with E-state index in [0.717, 1.165) is 39.0 Å². The van der Waals surface area contributed by atoms with Crippen LogP contribution in [0.25, 0.3) is 33.3 Å². The molecule has 1 N–H and O–H groups in total. The smallest absolute Gasteiger partial charge is 0.175 e. The molecule has 0 bridgehead atoms. The number of ether oxygens (including phenoxy) is 1. The van der Waals surface area contributed by atoms with E-state index in [1.165, 1.54) is 6.26 Å². The highest BCUT2D eigenvalue weighted by Crippen LogP contribution is 2.38. The van der Waals surface area contributed by atoms with Crippen LogP contribution < -0.4 is 4.74 Å². The molecule has 0 aliphatic heterocycles. The maximum Gasteiger partial charge on any atom is 0.175 e. The molecule has 1 heterocycles. The molecule has 3 aromatic carbocycles. The fourth-order valence-corrected chi connectivity index (χ4v) is 3.92. The predicted molar refractivity (Wildman–Crippen MR) is 109 cm³/mol. The van der Waals surface area contributed by atoms with Crippen molar-refractivity contribution in [3.8, 4) is 28.1 Å². The summed E-state index contributed by atoms with van der Waals surface area (Å²) in [6.07, 6.45) is 1.22. The molecule has 0 unspecified atom stereocenters. The summed E-state index contributed by atoms with van der Waals surface area (Å²) in [7, 11) is -1.58. The van der Waals surface area contributed by atoms with Gasteiger partial charge in [0.1, 0.15) is 5.75 Å². The van der Waals surface area contributed by atoms with Gasteiger partial charge in [-0.1, -0.05) is 30.3 Å². The van der Waals surface area contributed by atoms with E-state index in [4.69, 9.17) is 4.74 Å². The Hall–Kier alpha value is -3.05. The lowest BCUT2D eigenvalue weighted by atomic mass is 9.98. The quantitative estimate of drug-likeness (QED) is 0.549. The standard InChI is InChI=1S/C22H19NO3S/c1-26-17-11-7-16(8-12-17)22-21(19-5-3-4-6-20(19)23-22)15-9-13-18(14-10-15)27(2,24)25/h3-14,23H,1-2H3. The SMILES string of the molecule is COc1ccc(-c2[nH]c3ccccc3c2-c2ccc(S(C)(=O)=O)cc2)cc1. The van der Waals surface area contributed by atoms with Crippen LogP contribution in [0.15, 0.2) is 77.7 Å². The average molecular weight is 377 g/mol. The highest BCUT2D eigenvalue weighted by Gasteiger charge is 2.16. The number of methoxy groups -OCH3 is 1. The molecule has 4 aromatic rings. The number of benzene rings is 3. The number of fused-ring (bicyclic) bond motifs is 1. The molecule has 0 radical (unpaired) electrons. The number of para-hydroxylation sites is 1. The second-order valence-electron chi connectivity index (χ2n) is 6.45. The van der Waals surface area contributed by atoms with Gasteiger partial charge in [0, 0.05) is 22.7 Å². The van der Waals surface area contributed by atoms with Gasteiger partial charge in [-0.05, 0) is 53.6 Å². The van der Waals surface area contributed by atoms with Crippen molar-refractivity contribution >= 4 is 20.7 Å². The first-order valence-corrected chi connectivity index (χ1v) is 10.4. The van der Waals surface area contributed by atoms with Gasteiger partial charge in [-0.3, -0.25) is 0 Å². The maximum atomic E-state index is 11.8. The summed E-state index contributed by atoms with van der Waals surface area (Å²) in [6.45, 7) is 0. The molecule has 4 rings (SSSR count). The van der Waals surface area contributed by atoms with Crippen LogP contribution >= 0.6 is 0 Å². The lowest BCUT2D eigenvalue weighted by Crippen LogP contribution is -1.96. The van der Waals surface area contributed by atoms with Gasteiger partial charge in [0.2, 0.25) is 0 Å². The summed E-state index contributed by atoms with van der Waals surface area (Å²) in [5.41, 5.74) is 5.08. The van der Waals surface area contributed by atoms with Crippen molar-refractivity contribution in [3.63, 3.8) is 0 Å². The molecule has 0 atom stereocenters. The fourth-order valence-electron chi connectivity index (χ4n) is 3.28. The largest absolute Gasteiger partial charge is 0.497 e. The van der Waals surface area contributed by atoms with Crippen molar-refractivity contribution in [1.82, 2.24) is 4.98 Å². The molecule has 4 nitrogen and oxygen atoms in total. The normalized spacial score (nSPS) is 11.6. The predicted octanol–water partition coefficient (Wildman–Crippen LogP) is 4.91. The number of sulfone groups is 1. The van der Waals surface area contributed by atoms with Crippen molar-refractivity contribution in [1.29, 1.82) is 0 Å². The molecular formula is C22H19NO3S. The van der Waals surface area contributed by atoms with Crippen molar-refractivity contribution < 1.29 is 13.2 Å². The van der Waals surface area contributed by atoms with Crippen LogP contribution in [0.3, 0.4) is 0 Å². The van der Waals surface area contributed by atoms with Gasteiger partial charge >= 0.3 is 0 Å². The number of hydrogen-bond donors (Lipinski definition) is 1. The van der Waals surface area contributed by atoms with Crippen LogP contribution in [0.5, 0.6) is 5.75 Å². The maximum absolute atomic E-state index is 11.8. The summed E-state index contributed by atoms with van der Waals surface area (Å²) in [5, 5.41) is 1.09. The van der Waals surface area contributed by atoms with Gasteiger partial charge in [0.15, 0.2) is 9.84 Å². The van der Waals surface area contributed by atoms with E-state index >= 15 is 0 Å². The average Bonchev–Trinajstić information content (AvgIpc) is 3.07. The molecule has 0 saturated carbocycles. The molecule has 0 amide bonds. The molecule has 0 aliphatic carbocycles. The Morgan fingerprint density at radius 1 is 0.815 bits per heavy atom. The van der Waals surface area contributed by atoms with E-state index in [1.54, 1.807) is 19.2 Å². The third-order valence-electron chi connectivity index (χ3n) is 4.66. The first kappa shape index (κ1) is 17.4. The minimum Gasteiger partial charge on any atom is -0.497 e. The summed E-state index contributed by atoms with van der Waals surface area (Å²) < 4.78 is 28.8. The third kappa shape index (κ3) is 3.22. The Bertz CT molecular complexity index is 1200. The Morgan fingerprint density at radius 2 is 1.44 bits per heavy atom. The molecule has 0 aliphatic rings. The van der Waals surface area contributed by atoms with Crippen LogP contribution in [-0.4, -0.2) is 26.8 Å². The summed E-state index contributed by atoms with van der Waals surface area (Å²) in [4.78, 5) is 3.82. The number of nitrogens with one attached hydrogen (secondary N) is 1. The Morgan fingerprint density at radius 3 is 2.07 bits per heavy atom. The zero-order chi connectivity index (χ0) is 19.0. The number of H-pyrrole nitrogens is 1. The highest BCUT2D eigenvalue weighted by atomic mass is 32.2. The molecule has 0 saturated heterocycles. The molecule has 0 spiro atoms. The lowest BCUT2D eigenvalue weighted by molar-refractivity contribution is 0.415. The van der Waals surface area contributed by atoms with E-state index in [9.17, 15) is 8.42 Å². The van der Waals surface area contributed by atoms with Crippen LogP contribution in [-0.2, 0) is 9.84 Å². The number of aromatic amines is 1. The van der Waals surface area contributed by atoms with Crippen molar-refractivity contribution in [3.05, 3.63) is 72.8 Å². The molecule has 1 aromatic heterocycles. The van der Waals surface area contributed by atoms with Gasteiger partial charge < -0.3 is 9.72 Å². The number of hydrogen-bond acceptors (Lipinski definition) is 3. The first-order chi connectivity index (χ1) is 13.0. The second kappa shape index (κ2) is 6.59. The summed E-state index contributed by atoms with van der Waals surface area (Å²) in [5.74, 6) is 0.800. The molecular weight excluding hydrogens is 358 g/mol. The summed E-state index contributed by atoms with van der Waals surface area (Å²) >= 11 is 0. The van der Waals surface area contributed by atoms with Gasteiger partial charge in [-0.25, -0.2) is 8.42 Å². The minimum absolute atomic E-state index is 0.317. The monoisotopic (exact) mass is 377 g/mol. The van der Waals surface area contributed by atoms with Gasteiger partial charge in [-0.15, -0.1) is 0 Å². The fraction of sp³-hybridized carbons (Fsp3) is 0.0909. The third-order valence-corrected chi connectivity index (χ3v) is 5.78. The van der Waals surface area contributed by atoms with Crippen LogP contribution in [0, 0.1) is 0 Å². The number of rotatable bonds is 4. The van der Waals surface area contributed by atoms with Gasteiger partial charge in [0.05, 0.1) is 17.7 Å². The van der Waals surface area contributed by atoms with E-state index in [-0.39, 0.29) is 0 Å². The minimum atomic E-state index is -3.22. The van der Waals surface area contributed by atoms with Crippen LogP contribution in [0.4, 0.5) is 0 Å². The summed E-state index contributed by atoms with van der Waals surface area (Å²) in [6, 6.07) is 23.0. The zero-order valence-electron chi connectivity index (χ0n) is 15.1. The Kier molecular flexibility index (Phi) is 4.24. The van der Waals surface area contributed by atoms with Gasteiger partial charge in [0.25, 0.3) is 0 Å². The van der Waals surface area contributed by atoms with E-state index in [1.807, 2.05) is 54.6 Å². The van der Waals surface area contributed by atoms with Crippen LogP contribution in [0.2, 0.25) is 0 Å². The van der Waals surface area contributed by atoms with E-state index in [0.29, 0.717) is 4.90 Å². The van der Waals surface area contributed by atoms with Crippen LogP contribution in [0.1, 0.15) is 0 Å².